The van der Waals surface area contributed by atoms with Gasteiger partial charge in [0, 0.05) is 18.7 Å². The monoisotopic (exact) mass is 351 g/mol. The molecule has 0 aliphatic heterocycles. The number of aromatic nitrogens is 4. The number of hydrogen-bond donors (Lipinski definition) is 1. The molecule has 2 N–H and O–H groups in total. The molecule has 0 bridgehead atoms. The number of benzene rings is 1. The van der Waals surface area contributed by atoms with E-state index in [1.807, 2.05) is 30.3 Å². The van der Waals surface area contributed by atoms with Crippen LogP contribution in [0.1, 0.15) is 19.8 Å². The summed E-state index contributed by atoms with van der Waals surface area (Å²) in [5.41, 5.74) is 8.37. The van der Waals surface area contributed by atoms with Crippen molar-refractivity contribution in [3.05, 3.63) is 52.8 Å². The van der Waals surface area contributed by atoms with Crippen LogP contribution >= 0.6 is 0 Å². The molecule has 2 aromatic heterocycles. The van der Waals surface area contributed by atoms with Crippen LogP contribution in [-0.4, -0.2) is 26.4 Å². The first kappa shape index (κ1) is 17.6. The van der Waals surface area contributed by atoms with Gasteiger partial charge in [0.15, 0.2) is 5.82 Å². The third kappa shape index (κ3) is 3.72. The van der Waals surface area contributed by atoms with Crippen molar-refractivity contribution in [3.8, 4) is 28.5 Å². The Bertz CT molecular complexity index is 954. The van der Waals surface area contributed by atoms with E-state index in [2.05, 4.69) is 22.0 Å². The van der Waals surface area contributed by atoms with E-state index >= 15 is 0 Å². The second kappa shape index (κ2) is 7.77. The van der Waals surface area contributed by atoms with Gasteiger partial charge in [-0.3, -0.25) is 4.79 Å². The summed E-state index contributed by atoms with van der Waals surface area (Å²) >= 11 is 0. The van der Waals surface area contributed by atoms with Crippen LogP contribution in [0.15, 0.2) is 47.3 Å². The van der Waals surface area contributed by atoms with E-state index in [0.717, 1.165) is 18.4 Å². The van der Waals surface area contributed by atoms with Crippen LogP contribution < -0.4 is 16.0 Å². The molecule has 0 unspecified atom stereocenters. The van der Waals surface area contributed by atoms with Crippen molar-refractivity contribution in [1.29, 1.82) is 0 Å². The first-order valence-electron chi connectivity index (χ1n) is 8.50. The van der Waals surface area contributed by atoms with E-state index in [-0.39, 0.29) is 17.3 Å². The van der Waals surface area contributed by atoms with Gasteiger partial charge in [-0.05, 0) is 12.5 Å². The fraction of sp³-hybridized carbons (Fsp3) is 0.263. The molecule has 0 spiro atoms. The Hall–Kier alpha value is -3.22. The highest BCUT2D eigenvalue weighted by Crippen LogP contribution is 2.31. The van der Waals surface area contributed by atoms with Gasteiger partial charge in [0.05, 0.1) is 6.61 Å². The molecule has 26 heavy (non-hydrogen) atoms. The smallest absolute Gasteiger partial charge is 0.266 e. The highest BCUT2D eigenvalue weighted by Gasteiger charge is 2.17. The Morgan fingerprint density at radius 3 is 2.54 bits per heavy atom. The fourth-order valence-electron chi connectivity index (χ4n) is 2.46. The minimum Gasteiger partial charge on any atom is -0.475 e. The first-order valence-corrected chi connectivity index (χ1v) is 8.50. The lowest BCUT2D eigenvalue weighted by Gasteiger charge is -2.13. The van der Waals surface area contributed by atoms with Gasteiger partial charge >= 0.3 is 0 Å². The van der Waals surface area contributed by atoms with Crippen LogP contribution in [-0.2, 0) is 7.05 Å². The summed E-state index contributed by atoms with van der Waals surface area (Å²) in [6, 6.07) is 12.7. The van der Waals surface area contributed by atoms with Crippen molar-refractivity contribution in [2.24, 2.45) is 7.05 Å². The normalized spacial score (nSPS) is 10.7. The van der Waals surface area contributed by atoms with Crippen molar-refractivity contribution in [3.63, 3.8) is 0 Å². The third-order valence-corrected chi connectivity index (χ3v) is 3.88. The van der Waals surface area contributed by atoms with Crippen molar-refractivity contribution < 1.29 is 4.74 Å². The average Bonchev–Trinajstić information content (AvgIpc) is 2.66. The van der Waals surface area contributed by atoms with Crippen LogP contribution in [0.4, 0.5) is 5.82 Å². The molecular formula is C19H21N5O2. The molecule has 3 rings (SSSR count). The van der Waals surface area contributed by atoms with E-state index in [0.29, 0.717) is 23.7 Å². The first-order chi connectivity index (χ1) is 12.6. The van der Waals surface area contributed by atoms with Gasteiger partial charge < -0.3 is 10.5 Å². The Balaban J connectivity index is 2.15. The number of anilines is 1. The predicted octanol–water partition coefficient (Wildman–Crippen LogP) is 2.67. The Morgan fingerprint density at radius 1 is 1.08 bits per heavy atom. The summed E-state index contributed by atoms with van der Waals surface area (Å²) in [4.78, 5) is 20.8. The Morgan fingerprint density at radius 2 is 1.85 bits per heavy atom. The van der Waals surface area contributed by atoms with Crippen molar-refractivity contribution in [2.75, 3.05) is 12.3 Å². The van der Waals surface area contributed by atoms with Gasteiger partial charge in [-0.1, -0.05) is 43.7 Å². The molecule has 0 aliphatic carbocycles. The number of nitrogens with zero attached hydrogens (tertiary/aromatic N) is 4. The molecule has 0 saturated carbocycles. The highest BCUT2D eigenvalue weighted by molar-refractivity contribution is 5.77. The highest BCUT2D eigenvalue weighted by atomic mass is 16.5. The maximum Gasteiger partial charge on any atom is 0.266 e. The zero-order valence-corrected chi connectivity index (χ0v) is 14.8. The topological polar surface area (TPSA) is 95.9 Å². The van der Waals surface area contributed by atoms with Gasteiger partial charge in [0.2, 0.25) is 0 Å². The number of ether oxygens (including phenoxy) is 1. The molecule has 1 aromatic carbocycles. The standard InChI is InChI=1S/C19H21N5O2/c1-3-4-12-26-19-18(20)21-16(13-8-6-5-7-9-13)17(22-19)14-10-11-15(25)24(2)23-14/h5-11H,3-4,12H2,1-2H3,(H2,20,21). The van der Waals surface area contributed by atoms with Crippen molar-refractivity contribution >= 4 is 5.82 Å². The number of nitrogen functional groups attached to an aromatic ring is 1. The van der Waals surface area contributed by atoms with Gasteiger partial charge in [0.25, 0.3) is 11.4 Å². The van der Waals surface area contributed by atoms with Gasteiger partial charge in [-0.25, -0.2) is 14.6 Å². The lowest BCUT2D eigenvalue weighted by molar-refractivity contribution is 0.299. The fourth-order valence-corrected chi connectivity index (χ4v) is 2.46. The minimum atomic E-state index is -0.196. The molecule has 2 heterocycles. The molecule has 0 saturated heterocycles. The summed E-state index contributed by atoms with van der Waals surface area (Å²) in [5.74, 6) is 0.511. The number of nitrogens with two attached hydrogens (primary N) is 1. The van der Waals surface area contributed by atoms with E-state index in [1.165, 1.54) is 10.7 Å². The molecule has 134 valence electrons. The summed E-state index contributed by atoms with van der Waals surface area (Å²) in [5, 5.41) is 4.30. The van der Waals surface area contributed by atoms with E-state index < -0.39 is 0 Å². The molecular weight excluding hydrogens is 330 g/mol. The van der Waals surface area contributed by atoms with Crippen molar-refractivity contribution in [1.82, 2.24) is 19.7 Å². The summed E-state index contributed by atoms with van der Waals surface area (Å²) in [7, 11) is 1.59. The van der Waals surface area contributed by atoms with Crippen LogP contribution in [0.3, 0.4) is 0 Å². The van der Waals surface area contributed by atoms with E-state index in [4.69, 9.17) is 10.5 Å². The van der Waals surface area contributed by atoms with Crippen LogP contribution in [0.5, 0.6) is 5.88 Å². The molecule has 7 nitrogen and oxygen atoms in total. The molecule has 0 fully saturated rings. The predicted molar refractivity (Wildman–Crippen MR) is 101 cm³/mol. The number of unbranched alkanes of at least 4 members (excludes halogenated alkanes) is 1. The number of hydrogen-bond acceptors (Lipinski definition) is 6. The van der Waals surface area contributed by atoms with Crippen LogP contribution in [0.25, 0.3) is 22.6 Å². The third-order valence-electron chi connectivity index (χ3n) is 3.88. The van der Waals surface area contributed by atoms with Crippen LogP contribution in [0.2, 0.25) is 0 Å². The van der Waals surface area contributed by atoms with Gasteiger partial charge in [0.1, 0.15) is 17.1 Å². The second-order valence-corrected chi connectivity index (χ2v) is 5.86. The molecule has 3 aromatic rings. The molecule has 0 aliphatic rings. The molecule has 0 radical (unpaired) electrons. The summed E-state index contributed by atoms with van der Waals surface area (Å²) in [6.45, 7) is 2.59. The van der Waals surface area contributed by atoms with Gasteiger partial charge in [-0.2, -0.15) is 5.10 Å². The number of rotatable bonds is 6. The maximum absolute atomic E-state index is 11.7. The largest absolute Gasteiger partial charge is 0.475 e. The molecule has 0 atom stereocenters. The lowest BCUT2D eigenvalue weighted by Crippen LogP contribution is -2.18. The average molecular weight is 351 g/mol. The SMILES string of the molecule is CCCCOc1nc(-c2ccc(=O)n(C)n2)c(-c2ccccc2)nc1N. The van der Waals surface area contributed by atoms with Gasteiger partial charge in [-0.15, -0.1) is 0 Å². The summed E-state index contributed by atoms with van der Waals surface area (Å²) in [6.07, 6.45) is 1.90. The minimum absolute atomic E-state index is 0.196. The Kier molecular flexibility index (Phi) is 5.26. The zero-order chi connectivity index (χ0) is 18.5. The quantitative estimate of drug-likeness (QED) is 0.686. The molecule has 7 heteroatoms. The molecule has 0 amide bonds. The van der Waals surface area contributed by atoms with E-state index in [1.54, 1.807) is 13.1 Å². The maximum atomic E-state index is 11.7. The van der Waals surface area contributed by atoms with Crippen LogP contribution in [0, 0.1) is 0 Å². The van der Waals surface area contributed by atoms with E-state index in [9.17, 15) is 4.79 Å². The second-order valence-electron chi connectivity index (χ2n) is 5.86. The number of aryl methyl sites for hydroxylation is 1. The lowest BCUT2D eigenvalue weighted by atomic mass is 10.1. The zero-order valence-electron chi connectivity index (χ0n) is 14.8. The Labute approximate surface area is 151 Å². The van der Waals surface area contributed by atoms with Crippen molar-refractivity contribution in [2.45, 2.75) is 19.8 Å². The summed E-state index contributed by atoms with van der Waals surface area (Å²) < 4.78 is 6.95.